The molecule has 0 spiro atoms. The fraction of sp³-hybridized carbons (Fsp3) is 0.250. The Kier molecular flexibility index (Phi) is 5.23. The molecule has 4 heterocycles. The molecule has 2 N–H and O–H groups in total. The second kappa shape index (κ2) is 8.54. The maximum absolute atomic E-state index is 4.65. The number of anilines is 3. The quantitative estimate of drug-likeness (QED) is 0.358. The van der Waals surface area contributed by atoms with Crippen molar-refractivity contribution >= 4 is 33.6 Å². The molecular formula is C28H30N6. The molecule has 1 aliphatic rings. The summed E-state index contributed by atoms with van der Waals surface area (Å²) in [6.45, 7) is 8.96. The van der Waals surface area contributed by atoms with Gasteiger partial charge in [0, 0.05) is 73.1 Å². The topological polar surface area (TPSA) is 51.6 Å². The Hall–Kier alpha value is -3.77. The van der Waals surface area contributed by atoms with E-state index in [1.54, 1.807) is 0 Å². The molecule has 172 valence electrons. The van der Waals surface area contributed by atoms with Crippen molar-refractivity contribution < 1.29 is 0 Å². The Balaban J connectivity index is 1.22. The third kappa shape index (κ3) is 3.80. The van der Waals surface area contributed by atoms with Crippen molar-refractivity contribution in [2.24, 2.45) is 0 Å². The molecule has 0 radical (unpaired) electrons. The zero-order valence-corrected chi connectivity index (χ0v) is 19.7. The molecule has 1 fully saturated rings. The lowest BCUT2D eigenvalue weighted by molar-refractivity contribution is 0.209. The molecule has 1 aliphatic heterocycles. The van der Waals surface area contributed by atoms with Crippen LogP contribution in [0.3, 0.4) is 0 Å². The molecule has 6 heteroatoms. The molecule has 5 aromatic rings. The van der Waals surface area contributed by atoms with Gasteiger partial charge in [0.05, 0.1) is 11.4 Å². The monoisotopic (exact) mass is 450 g/mol. The minimum atomic E-state index is 0.621. The van der Waals surface area contributed by atoms with Crippen LogP contribution >= 0.6 is 0 Å². The van der Waals surface area contributed by atoms with Gasteiger partial charge in [-0.3, -0.25) is 9.30 Å². The number of aromatic amines is 1. The SMILES string of the molecule is CC(C)N1CCN(c2ccc(Nc3ccc(-c4ccc5[nH]ccc5c4)n4ccnc34)cc2)CC1. The highest BCUT2D eigenvalue weighted by molar-refractivity contribution is 5.86. The van der Waals surface area contributed by atoms with Crippen molar-refractivity contribution in [3.63, 3.8) is 0 Å². The second-order valence-corrected chi connectivity index (χ2v) is 9.32. The first-order valence-electron chi connectivity index (χ1n) is 12.1. The van der Waals surface area contributed by atoms with Crippen LogP contribution in [0.1, 0.15) is 13.8 Å². The van der Waals surface area contributed by atoms with E-state index in [0.29, 0.717) is 6.04 Å². The van der Waals surface area contributed by atoms with Crippen molar-refractivity contribution in [2.75, 3.05) is 36.4 Å². The van der Waals surface area contributed by atoms with E-state index < -0.39 is 0 Å². The lowest BCUT2D eigenvalue weighted by Gasteiger charge is -2.38. The summed E-state index contributed by atoms with van der Waals surface area (Å²) >= 11 is 0. The van der Waals surface area contributed by atoms with Gasteiger partial charge in [0.1, 0.15) is 0 Å². The van der Waals surface area contributed by atoms with Crippen molar-refractivity contribution in [3.8, 4) is 11.3 Å². The van der Waals surface area contributed by atoms with E-state index in [9.17, 15) is 0 Å². The molecule has 0 bridgehead atoms. The van der Waals surface area contributed by atoms with E-state index in [-0.39, 0.29) is 0 Å². The molecule has 2 aromatic carbocycles. The Morgan fingerprint density at radius 1 is 0.912 bits per heavy atom. The number of benzene rings is 2. The molecule has 0 saturated carbocycles. The lowest BCUT2D eigenvalue weighted by Crippen LogP contribution is -2.48. The van der Waals surface area contributed by atoms with Gasteiger partial charge < -0.3 is 15.2 Å². The van der Waals surface area contributed by atoms with Crippen LogP contribution in [0.25, 0.3) is 27.8 Å². The van der Waals surface area contributed by atoms with Crippen LogP contribution in [0.4, 0.5) is 17.1 Å². The summed E-state index contributed by atoms with van der Waals surface area (Å²) in [5, 5.41) is 4.78. The van der Waals surface area contributed by atoms with E-state index in [0.717, 1.165) is 54.4 Å². The van der Waals surface area contributed by atoms with Gasteiger partial charge in [0.25, 0.3) is 0 Å². The first-order valence-corrected chi connectivity index (χ1v) is 12.1. The molecule has 0 amide bonds. The molecule has 6 nitrogen and oxygen atoms in total. The summed E-state index contributed by atoms with van der Waals surface area (Å²) in [6.07, 6.45) is 5.86. The number of H-pyrrole nitrogens is 1. The standard InChI is InChI=1S/C28H30N6/c1-20(2)32-15-17-33(18-16-32)24-6-4-23(5-7-24)31-26-9-10-27(34-14-13-30-28(26)34)22-3-8-25-21(19-22)11-12-29-25/h3-14,19-20,29,31H,15-18H2,1-2H3. The Morgan fingerprint density at radius 2 is 1.74 bits per heavy atom. The van der Waals surface area contributed by atoms with Gasteiger partial charge in [-0.2, -0.15) is 0 Å². The van der Waals surface area contributed by atoms with Crippen LogP contribution < -0.4 is 10.2 Å². The van der Waals surface area contributed by atoms with E-state index in [1.165, 1.54) is 16.6 Å². The van der Waals surface area contributed by atoms with Crippen molar-refractivity contribution in [1.82, 2.24) is 19.3 Å². The number of hydrogen-bond donors (Lipinski definition) is 2. The number of nitrogens with zero attached hydrogens (tertiary/aromatic N) is 4. The lowest BCUT2D eigenvalue weighted by atomic mass is 10.1. The number of fused-ring (bicyclic) bond motifs is 2. The van der Waals surface area contributed by atoms with Gasteiger partial charge in [0.15, 0.2) is 5.65 Å². The predicted molar refractivity (Wildman–Crippen MR) is 141 cm³/mol. The van der Waals surface area contributed by atoms with Gasteiger partial charge in [0.2, 0.25) is 0 Å². The Labute approximate surface area is 199 Å². The zero-order valence-electron chi connectivity index (χ0n) is 19.7. The van der Waals surface area contributed by atoms with Crippen LogP contribution in [-0.2, 0) is 0 Å². The normalized spacial score (nSPS) is 15.0. The first kappa shape index (κ1) is 20.8. The Morgan fingerprint density at radius 3 is 2.53 bits per heavy atom. The fourth-order valence-corrected chi connectivity index (χ4v) is 4.97. The summed E-state index contributed by atoms with van der Waals surface area (Å²) < 4.78 is 2.15. The summed E-state index contributed by atoms with van der Waals surface area (Å²) in [4.78, 5) is 12.9. The minimum absolute atomic E-state index is 0.621. The van der Waals surface area contributed by atoms with Gasteiger partial charge in [-0.05, 0) is 74.0 Å². The smallest absolute Gasteiger partial charge is 0.161 e. The highest BCUT2D eigenvalue weighted by Gasteiger charge is 2.19. The van der Waals surface area contributed by atoms with E-state index in [4.69, 9.17) is 0 Å². The van der Waals surface area contributed by atoms with Crippen LogP contribution in [0.5, 0.6) is 0 Å². The van der Waals surface area contributed by atoms with Crippen LogP contribution in [0.15, 0.2) is 79.3 Å². The fourth-order valence-electron chi connectivity index (χ4n) is 4.97. The highest BCUT2D eigenvalue weighted by atomic mass is 15.3. The summed E-state index contributed by atoms with van der Waals surface area (Å²) in [6, 6.07) is 22.3. The molecule has 0 aliphatic carbocycles. The molecule has 0 atom stereocenters. The maximum Gasteiger partial charge on any atom is 0.161 e. The first-order chi connectivity index (χ1) is 16.7. The molecule has 0 unspecified atom stereocenters. The van der Waals surface area contributed by atoms with Gasteiger partial charge in [-0.25, -0.2) is 4.98 Å². The highest BCUT2D eigenvalue weighted by Crippen LogP contribution is 2.30. The maximum atomic E-state index is 4.65. The number of hydrogen-bond acceptors (Lipinski definition) is 4. The largest absolute Gasteiger partial charge is 0.369 e. The third-order valence-electron chi connectivity index (χ3n) is 6.95. The number of pyridine rings is 1. The van der Waals surface area contributed by atoms with Gasteiger partial charge in [-0.1, -0.05) is 6.07 Å². The van der Waals surface area contributed by atoms with E-state index in [2.05, 4.69) is 104 Å². The van der Waals surface area contributed by atoms with Gasteiger partial charge >= 0.3 is 0 Å². The molecule has 6 rings (SSSR count). The third-order valence-corrected chi connectivity index (χ3v) is 6.95. The number of piperazine rings is 1. The minimum Gasteiger partial charge on any atom is -0.369 e. The van der Waals surface area contributed by atoms with Crippen molar-refractivity contribution in [1.29, 1.82) is 0 Å². The average molecular weight is 451 g/mol. The number of imidazole rings is 1. The summed E-state index contributed by atoms with van der Waals surface area (Å²) in [5.74, 6) is 0. The second-order valence-electron chi connectivity index (χ2n) is 9.32. The van der Waals surface area contributed by atoms with Gasteiger partial charge in [-0.15, -0.1) is 0 Å². The number of aromatic nitrogens is 3. The average Bonchev–Trinajstić information content (AvgIpc) is 3.54. The molecule has 1 saturated heterocycles. The zero-order chi connectivity index (χ0) is 23.1. The molecular weight excluding hydrogens is 420 g/mol. The van der Waals surface area contributed by atoms with Crippen LogP contribution in [0, 0.1) is 0 Å². The van der Waals surface area contributed by atoms with Crippen molar-refractivity contribution in [2.45, 2.75) is 19.9 Å². The van der Waals surface area contributed by atoms with Crippen LogP contribution in [-0.4, -0.2) is 51.5 Å². The number of rotatable bonds is 5. The van der Waals surface area contributed by atoms with Crippen molar-refractivity contribution in [3.05, 3.63) is 79.3 Å². The summed E-state index contributed by atoms with van der Waals surface area (Å²) in [7, 11) is 0. The Bertz CT molecular complexity index is 1420. The number of nitrogens with one attached hydrogen (secondary N) is 2. The molecule has 34 heavy (non-hydrogen) atoms. The van der Waals surface area contributed by atoms with Crippen LogP contribution in [0.2, 0.25) is 0 Å². The van der Waals surface area contributed by atoms with E-state index >= 15 is 0 Å². The van der Waals surface area contributed by atoms with E-state index in [1.807, 2.05) is 18.6 Å². The predicted octanol–water partition coefficient (Wildman–Crippen LogP) is 5.76. The molecule has 3 aromatic heterocycles. The summed E-state index contributed by atoms with van der Waals surface area (Å²) in [5.41, 5.74) is 7.71.